The topological polar surface area (TPSA) is 95.0 Å². The predicted octanol–water partition coefficient (Wildman–Crippen LogP) is 2.83. The molecular weight excluding hydrogens is 382 g/mol. The molecule has 0 aliphatic carbocycles. The van der Waals surface area contributed by atoms with E-state index in [0.29, 0.717) is 19.0 Å². The lowest BCUT2D eigenvalue weighted by Gasteiger charge is -2.49. The third kappa shape index (κ3) is 2.29. The van der Waals surface area contributed by atoms with Crippen LogP contribution in [-0.2, 0) is 10.3 Å². The van der Waals surface area contributed by atoms with E-state index in [9.17, 15) is 0 Å². The lowest BCUT2D eigenvalue weighted by Crippen LogP contribution is -2.58. The van der Waals surface area contributed by atoms with Crippen LogP contribution in [0.15, 0.2) is 53.6 Å². The van der Waals surface area contributed by atoms with Crippen molar-refractivity contribution in [3.05, 3.63) is 54.9 Å². The van der Waals surface area contributed by atoms with E-state index in [1.807, 2.05) is 41.1 Å². The quantitative estimate of drug-likeness (QED) is 0.517. The van der Waals surface area contributed by atoms with E-state index in [-0.39, 0.29) is 0 Å². The summed E-state index contributed by atoms with van der Waals surface area (Å²) >= 11 is 0. The van der Waals surface area contributed by atoms with Crippen molar-refractivity contribution >= 4 is 5.82 Å². The van der Waals surface area contributed by atoms with E-state index in [1.165, 1.54) is 0 Å². The summed E-state index contributed by atoms with van der Waals surface area (Å²) in [5, 5.41) is 12.8. The Hall–Kier alpha value is -3.59. The van der Waals surface area contributed by atoms with Crippen LogP contribution in [0.5, 0.6) is 0 Å². The zero-order valence-electron chi connectivity index (χ0n) is 16.4. The fourth-order valence-corrected chi connectivity index (χ4v) is 4.43. The maximum absolute atomic E-state index is 5.86. The van der Waals surface area contributed by atoms with Gasteiger partial charge in [0.05, 0.1) is 25.0 Å². The number of morpholine rings is 1. The Kier molecular flexibility index (Phi) is 3.72. The standard InChI is InChI=1S/C21H19N7O2/c1-2-21-12-29-9-8-28(21)19-16(27-13-23-25-20(21)27)10-22-18(24-19)15-11-30-26-17(15)14-6-4-3-5-7-14/h3-7,10-11,13H,2,8-9,12H2,1H3/t21-/m0/s1. The Labute approximate surface area is 172 Å². The van der Waals surface area contributed by atoms with Gasteiger partial charge in [0.25, 0.3) is 0 Å². The number of aromatic nitrogens is 6. The van der Waals surface area contributed by atoms with Crippen LogP contribution < -0.4 is 4.90 Å². The molecule has 1 aromatic carbocycles. The molecule has 2 aliphatic rings. The van der Waals surface area contributed by atoms with Gasteiger partial charge in [0.15, 0.2) is 17.5 Å². The molecule has 3 aromatic heterocycles. The van der Waals surface area contributed by atoms with Crippen LogP contribution in [0, 0.1) is 0 Å². The predicted molar refractivity (Wildman–Crippen MR) is 108 cm³/mol. The van der Waals surface area contributed by atoms with E-state index in [0.717, 1.165) is 47.1 Å². The van der Waals surface area contributed by atoms with Gasteiger partial charge < -0.3 is 14.2 Å². The van der Waals surface area contributed by atoms with Gasteiger partial charge in [0, 0.05) is 12.1 Å². The molecular formula is C21H19N7O2. The second-order valence-electron chi connectivity index (χ2n) is 7.46. The Morgan fingerprint density at radius 3 is 2.97 bits per heavy atom. The number of hydrogen-bond donors (Lipinski definition) is 0. The zero-order chi connectivity index (χ0) is 20.1. The number of anilines is 1. The highest BCUT2D eigenvalue weighted by Crippen LogP contribution is 2.44. The molecule has 6 rings (SSSR count). The summed E-state index contributed by atoms with van der Waals surface area (Å²) in [5.74, 6) is 2.28. The van der Waals surface area contributed by atoms with Crippen LogP contribution in [0.1, 0.15) is 19.2 Å². The van der Waals surface area contributed by atoms with Gasteiger partial charge >= 0.3 is 0 Å². The molecule has 0 amide bonds. The molecule has 5 heterocycles. The van der Waals surface area contributed by atoms with Gasteiger partial charge in [-0.3, -0.25) is 4.57 Å². The van der Waals surface area contributed by atoms with Crippen molar-refractivity contribution in [1.29, 1.82) is 0 Å². The molecule has 1 fully saturated rings. The minimum atomic E-state index is -0.399. The molecule has 0 saturated carbocycles. The van der Waals surface area contributed by atoms with Gasteiger partial charge in [-0.05, 0) is 6.42 Å². The van der Waals surface area contributed by atoms with Crippen molar-refractivity contribution in [2.24, 2.45) is 0 Å². The first-order valence-corrected chi connectivity index (χ1v) is 9.95. The normalized spacial score (nSPS) is 19.8. The minimum absolute atomic E-state index is 0.399. The minimum Gasteiger partial charge on any atom is -0.377 e. The average Bonchev–Trinajstić information content (AvgIpc) is 3.50. The summed E-state index contributed by atoms with van der Waals surface area (Å²) in [5.41, 5.74) is 2.90. The highest BCUT2D eigenvalue weighted by molar-refractivity contribution is 5.78. The molecule has 4 aromatic rings. The number of ether oxygens (including phenoxy) is 1. The first kappa shape index (κ1) is 17.3. The van der Waals surface area contributed by atoms with Gasteiger partial charge in [-0.25, -0.2) is 9.97 Å². The Morgan fingerprint density at radius 1 is 1.20 bits per heavy atom. The molecule has 2 aliphatic heterocycles. The summed E-state index contributed by atoms with van der Waals surface area (Å²) in [7, 11) is 0. The third-order valence-corrected chi connectivity index (χ3v) is 5.99. The van der Waals surface area contributed by atoms with Gasteiger partial charge in [-0.2, -0.15) is 0 Å². The summed E-state index contributed by atoms with van der Waals surface area (Å²) in [6, 6.07) is 9.90. The van der Waals surface area contributed by atoms with Crippen molar-refractivity contribution < 1.29 is 9.26 Å². The number of fused-ring (bicyclic) bond motifs is 6. The largest absolute Gasteiger partial charge is 0.377 e. The highest BCUT2D eigenvalue weighted by Gasteiger charge is 2.48. The fourth-order valence-electron chi connectivity index (χ4n) is 4.43. The molecule has 0 spiro atoms. The summed E-state index contributed by atoms with van der Waals surface area (Å²) < 4.78 is 13.1. The molecule has 9 heteroatoms. The first-order chi connectivity index (χ1) is 14.8. The molecule has 150 valence electrons. The van der Waals surface area contributed by atoms with E-state index in [4.69, 9.17) is 14.2 Å². The van der Waals surface area contributed by atoms with Crippen molar-refractivity contribution in [3.8, 4) is 28.3 Å². The molecule has 0 N–H and O–H groups in total. The van der Waals surface area contributed by atoms with Crippen LogP contribution in [0.4, 0.5) is 5.82 Å². The Balaban J connectivity index is 1.53. The number of benzene rings is 1. The van der Waals surface area contributed by atoms with Crippen molar-refractivity contribution in [1.82, 2.24) is 29.9 Å². The van der Waals surface area contributed by atoms with Crippen LogP contribution in [0.25, 0.3) is 28.3 Å². The van der Waals surface area contributed by atoms with Crippen molar-refractivity contribution in [2.75, 3.05) is 24.7 Å². The molecule has 0 unspecified atom stereocenters. The summed E-state index contributed by atoms with van der Waals surface area (Å²) in [6.45, 7) is 4.04. The first-order valence-electron chi connectivity index (χ1n) is 9.95. The van der Waals surface area contributed by atoms with Crippen LogP contribution in [0.2, 0.25) is 0 Å². The monoisotopic (exact) mass is 401 g/mol. The van der Waals surface area contributed by atoms with Gasteiger partial charge in [0.2, 0.25) is 0 Å². The van der Waals surface area contributed by atoms with E-state index in [1.54, 1.807) is 12.6 Å². The average molecular weight is 401 g/mol. The SMILES string of the molecule is CC[C@@]12COCCN1c1nc(-c3conc3-c3ccccc3)ncc1-n1cnnc12. The van der Waals surface area contributed by atoms with Crippen molar-refractivity contribution in [2.45, 2.75) is 18.9 Å². The summed E-state index contributed by atoms with van der Waals surface area (Å²) in [6.07, 6.45) is 5.97. The number of nitrogens with zero attached hydrogens (tertiary/aromatic N) is 7. The third-order valence-electron chi connectivity index (χ3n) is 5.99. The van der Waals surface area contributed by atoms with Crippen LogP contribution >= 0.6 is 0 Å². The van der Waals surface area contributed by atoms with Gasteiger partial charge in [0.1, 0.15) is 29.5 Å². The van der Waals surface area contributed by atoms with Crippen LogP contribution in [-0.4, -0.2) is 49.6 Å². The van der Waals surface area contributed by atoms with Gasteiger partial charge in [-0.15, -0.1) is 10.2 Å². The van der Waals surface area contributed by atoms with Crippen LogP contribution in [0.3, 0.4) is 0 Å². The van der Waals surface area contributed by atoms with Gasteiger partial charge in [-0.1, -0.05) is 42.4 Å². The smallest absolute Gasteiger partial charge is 0.167 e. The zero-order valence-corrected chi connectivity index (χ0v) is 16.4. The molecule has 0 radical (unpaired) electrons. The van der Waals surface area contributed by atoms with E-state index >= 15 is 0 Å². The van der Waals surface area contributed by atoms with Crippen molar-refractivity contribution in [3.63, 3.8) is 0 Å². The summed E-state index contributed by atoms with van der Waals surface area (Å²) in [4.78, 5) is 11.9. The second-order valence-corrected chi connectivity index (χ2v) is 7.46. The number of rotatable bonds is 3. The maximum atomic E-state index is 5.86. The Morgan fingerprint density at radius 2 is 2.10 bits per heavy atom. The molecule has 0 bridgehead atoms. The molecule has 1 saturated heterocycles. The fraction of sp³-hybridized carbons (Fsp3) is 0.286. The van der Waals surface area contributed by atoms with E-state index < -0.39 is 5.54 Å². The second kappa shape index (κ2) is 6.46. The lowest BCUT2D eigenvalue weighted by atomic mass is 9.90. The van der Waals surface area contributed by atoms with E-state index in [2.05, 4.69) is 32.2 Å². The maximum Gasteiger partial charge on any atom is 0.167 e. The number of hydrogen-bond acceptors (Lipinski definition) is 8. The lowest BCUT2D eigenvalue weighted by molar-refractivity contribution is 0.0391. The molecule has 30 heavy (non-hydrogen) atoms. The highest BCUT2D eigenvalue weighted by atomic mass is 16.5. The molecule has 1 atom stereocenters. The Bertz CT molecular complexity index is 1220. The molecule has 9 nitrogen and oxygen atoms in total.